The highest BCUT2D eigenvalue weighted by atomic mass is 16.8. The van der Waals surface area contributed by atoms with Gasteiger partial charge in [-0.1, -0.05) is 58.3 Å². The van der Waals surface area contributed by atoms with Crippen LogP contribution >= 0.6 is 0 Å². The second kappa shape index (κ2) is 14.4. The molecule has 33 heavy (non-hydrogen) atoms. The third-order valence-electron chi connectivity index (χ3n) is 7.35. The van der Waals surface area contributed by atoms with Gasteiger partial charge in [-0.3, -0.25) is 4.90 Å². The zero-order chi connectivity index (χ0) is 23.5. The Morgan fingerprint density at radius 3 is 2.18 bits per heavy atom. The minimum absolute atomic E-state index is 0.0200. The van der Waals surface area contributed by atoms with E-state index in [0.717, 1.165) is 32.7 Å². The SMILES string of the molecule is CCCCCCCCCOCCCO[C@H]1O[C@H]([C@H](C)N2CCCCCC2)[C@@H]2OC(C)(C)O[C@H]12. The minimum atomic E-state index is -0.586. The first-order valence-electron chi connectivity index (χ1n) is 14.0. The molecule has 6 nitrogen and oxygen atoms in total. The lowest BCUT2D eigenvalue weighted by molar-refractivity contribution is -0.239. The van der Waals surface area contributed by atoms with Crippen molar-refractivity contribution in [1.29, 1.82) is 0 Å². The third kappa shape index (κ3) is 8.73. The first-order chi connectivity index (χ1) is 16.0. The van der Waals surface area contributed by atoms with E-state index in [0.29, 0.717) is 12.6 Å². The summed E-state index contributed by atoms with van der Waals surface area (Å²) in [7, 11) is 0. The van der Waals surface area contributed by atoms with Crippen molar-refractivity contribution in [3.05, 3.63) is 0 Å². The minimum Gasteiger partial charge on any atom is -0.381 e. The maximum absolute atomic E-state index is 6.42. The highest BCUT2D eigenvalue weighted by Gasteiger charge is 2.57. The Morgan fingerprint density at radius 1 is 0.818 bits per heavy atom. The van der Waals surface area contributed by atoms with E-state index in [1.807, 2.05) is 13.8 Å². The third-order valence-corrected chi connectivity index (χ3v) is 7.35. The lowest BCUT2D eigenvalue weighted by Crippen LogP contribution is -2.47. The maximum Gasteiger partial charge on any atom is 0.187 e. The molecule has 6 heteroatoms. The molecule has 0 aromatic heterocycles. The van der Waals surface area contributed by atoms with Gasteiger partial charge in [-0.15, -0.1) is 0 Å². The lowest BCUT2D eigenvalue weighted by atomic mass is 10.0. The maximum atomic E-state index is 6.42. The average molecular weight is 470 g/mol. The van der Waals surface area contributed by atoms with Gasteiger partial charge < -0.3 is 23.7 Å². The van der Waals surface area contributed by atoms with E-state index in [4.69, 9.17) is 23.7 Å². The highest BCUT2D eigenvalue weighted by Crippen LogP contribution is 2.41. The lowest BCUT2D eigenvalue weighted by Gasteiger charge is -2.34. The molecule has 194 valence electrons. The number of hydrogen-bond donors (Lipinski definition) is 0. The van der Waals surface area contributed by atoms with Crippen LogP contribution in [-0.4, -0.2) is 74.2 Å². The van der Waals surface area contributed by atoms with Gasteiger partial charge in [0.15, 0.2) is 12.1 Å². The van der Waals surface area contributed by atoms with Crippen LogP contribution < -0.4 is 0 Å². The van der Waals surface area contributed by atoms with Crippen molar-refractivity contribution < 1.29 is 23.7 Å². The number of unbranched alkanes of at least 4 members (excludes halogenated alkanes) is 6. The number of rotatable bonds is 15. The van der Waals surface area contributed by atoms with Gasteiger partial charge >= 0.3 is 0 Å². The molecule has 5 atom stereocenters. The van der Waals surface area contributed by atoms with Crippen LogP contribution in [-0.2, 0) is 23.7 Å². The molecule has 3 heterocycles. The summed E-state index contributed by atoms with van der Waals surface area (Å²) in [5.74, 6) is -0.586. The van der Waals surface area contributed by atoms with Gasteiger partial charge in [0.25, 0.3) is 0 Å². The van der Waals surface area contributed by atoms with Crippen molar-refractivity contribution >= 4 is 0 Å². The van der Waals surface area contributed by atoms with Crippen molar-refractivity contribution in [2.45, 2.75) is 141 Å². The molecule has 0 aliphatic carbocycles. The van der Waals surface area contributed by atoms with Gasteiger partial charge in [0, 0.05) is 19.3 Å². The fourth-order valence-electron chi connectivity index (χ4n) is 5.45. The van der Waals surface area contributed by atoms with Gasteiger partial charge in [0.2, 0.25) is 0 Å². The molecule has 3 fully saturated rings. The Balaban J connectivity index is 1.34. The van der Waals surface area contributed by atoms with Gasteiger partial charge in [-0.25, -0.2) is 0 Å². The van der Waals surface area contributed by atoms with Crippen molar-refractivity contribution in [3.63, 3.8) is 0 Å². The Labute approximate surface area is 203 Å². The highest BCUT2D eigenvalue weighted by molar-refractivity contribution is 4.99. The molecule has 0 aromatic carbocycles. The Morgan fingerprint density at radius 2 is 1.45 bits per heavy atom. The Bertz CT molecular complexity index is 523. The Kier molecular flexibility index (Phi) is 11.9. The summed E-state index contributed by atoms with van der Waals surface area (Å²) in [4.78, 5) is 2.57. The fourth-order valence-corrected chi connectivity index (χ4v) is 5.45. The number of fused-ring (bicyclic) bond motifs is 1. The van der Waals surface area contributed by atoms with Crippen LogP contribution in [0.15, 0.2) is 0 Å². The quantitative estimate of drug-likeness (QED) is 0.288. The van der Waals surface area contributed by atoms with Gasteiger partial charge in [-0.05, 0) is 59.5 Å². The van der Waals surface area contributed by atoms with Crippen LogP contribution in [0.5, 0.6) is 0 Å². The molecule has 3 saturated heterocycles. The topological polar surface area (TPSA) is 49.4 Å². The van der Waals surface area contributed by atoms with Crippen LogP contribution in [0.1, 0.15) is 105 Å². The van der Waals surface area contributed by atoms with Crippen molar-refractivity contribution in [2.75, 3.05) is 32.9 Å². The standard InChI is InChI=1S/C27H51NO5/c1-5-6-7-8-9-12-15-19-29-20-16-21-30-26-25-24(32-27(3,4)33-25)23(31-26)22(2)28-17-13-10-11-14-18-28/h22-26H,5-21H2,1-4H3/t22-,23+,24-,25-,26-/m0/s1. The van der Waals surface area contributed by atoms with E-state index in [1.165, 1.54) is 70.6 Å². The predicted octanol–water partition coefficient (Wildman–Crippen LogP) is 5.67. The van der Waals surface area contributed by atoms with E-state index in [2.05, 4.69) is 18.7 Å². The molecular formula is C27H51NO5. The largest absolute Gasteiger partial charge is 0.381 e. The van der Waals surface area contributed by atoms with Crippen molar-refractivity contribution in [1.82, 2.24) is 4.90 Å². The second-order valence-electron chi connectivity index (χ2n) is 10.7. The zero-order valence-corrected chi connectivity index (χ0v) is 21.9. The summed E-state index contributed by atoms with van der Waals surface area (Å²) in [5, 5.41) is 0. The molecule has 0 radical (unpaired) electrons. The molecule has 3 aliphatic heterocycles. The predicted molar refractivity (Wildman–Crippen MR) is 131 cm³/mol. The fraction of sp³-hybridized carbons (Fsp3) is 1.00. The summed E-state index contributed by atoms with van der Waals surface area (Å²) in [6.07, 6.45) is 14.7. The summed E-state index contributed by atoms with van der Waals surface area (Å²) in [6.45, 7) is 13.0. The molecular weight excluding hydrogens is 418 g/mol. The summed E-state index contributed by atoms with van der Waals surface area (Å²) >= 11 is 0. The molecule has 0 aromatic rings. The molecule has 0 saturated carbocycles. The van der Waals surface area contributed by atoms with E-state index in [1.54, 1.807) is 0 Å². The van der Waals surface area contributed by atoms with Crippen LogP contribution in [0, 0.1) is 0 Å². The van der Waals surface area contributed by atoms with E-state index < -0.39 is 5.79 Å². The Hall–Kier alpha value is -0.240. The first-order valence-corrected chi connectivity index (χ1v) is 14.0. The number of likely N-dealkylation sites (tertiary alicyclic amines) is 1. The molecule has 3 rings (SSSR count). The number of hydrogen-bond acceptors (Lipinski definition) is 6. The van der Waals surface area contributed by atoms with E-state index >= 15 is 0 Å². The van der Waals surface area contributed by atoms with Crippen molar-refractivity contribution in [3.8, 4) is 0 Å². The first kappa shape index (κ1) is 27.3. The van der Waals surface area contributed by atoms with Gasteiger partial charge in [0.1, 0.15) is 18.3 Å². The van der Waals surface area contributed by atoms with Crippen LogP contribution in [0.4, 0.5) is 0 Å². The van der Waals surface area contributed by atoms with Crippen molar-refractivity contribution in [2.24, 2.45) is 0 Å². The van der Waals surface area contributed by atoms with Gasteiger partial charge in [-0.2, -0.15) is 0 Å². The van der Waals surface area contributed by atoms with E-state index in [-0.39, 0.29) is 24.6 Å². The average Bonchev–Trinajstić information content (AvgIpc) is 3.12. The van der Waals surface area contributed by atoms with Crippen LogP contribution in [0.2, 0.25) is 0 Å². The molecule has 0 amide bonds. The molecule has 0 N–H and O–H groups in total. The number of ether oxygens (including phenoxy) is 5. The molecule has 3 aliphatic rings. The molecule has 0 spiro atoms. The summed E-state index contributed by atoms with van der Waals surface area (Å²) < 4.78 is 30.9. The second-order valence-corrected chi connectivity index (χ2v) is 10.7. The summed E-state index contributed by atoms with van der Waals surface area (Å²) in [6, 6.07) is 0.298. The number of nitrogens with zero attached hydrogens (tertiary/aromatic N) is 1. The molecule has 0 unspecified atom stereocenters. The molecule has 0 bridgehead atoms. The summed E-state index contributed by atoms with van der Waals surface area (Å²) in [5.41, 5.74) is 0. The monoisotopic (exact) mass is 469 g/mol. The zero-order valence-electron chi connectivity index (χ0n) is 21.9. The van der Waals surface area contributed by atoms with Crippen LogP contribution in [0.25, 0.3) is 0 Å². The van der Waals surface area contributed by atoms with E-state index in [9.17, 15) is 0 Å². The van der Waals surface area contributed by atoms with Gasteiger partial charge in [0.05, 0.1) is 6.61 Å². The smallest absolute Gasteiger partial charge is 0.187 e. The van der Waals surface area contributed by atoms with Crippen LogP contribution in [0.3, 0.4) is 0 Å². The normalized spacial score (nSPS) is 30.9.